The van der Waals surface area contributed by atoms with Crippen molar-refractivity contribution in [3.05, 3.63) is 71.0 Å². The third kappa shape index (κ3) is 2.71. The fourth-order valence-corrected chi connectivity index (χ4v) is 3.36. The summed E-state index contributed by atoms with van der Waals surface area (Å²) in [4.78, 5) is 4.35. The number of benzene rings is 2. The Morgan fingerprint density at radius 3 is 2.75 bits per heavy atom. The van der Waals surface area contributed by atoms with Gasteiger partial charge in [0.1, 0.15) is 12.1 Å². The second-order valence-electron chi connectivity index (χ2n) is 5.80. The Labute approximate surface area is 145 Å². The van der Waals surface area contributed by atoms with E-state index in [1.807, 2.05) is 35.0 Å². The van der Waals surface area contributed by atoms with Gasteiger partial charge in [-0.2, -0.15) is 10.1 Å². The summed E-state index contributed by atoms with van der Waals surface area (Å²) in [5.74, 6) is 1.62. The molecule has 4 rings (SSSR count). The Morgan fingerprint density at radius 2 is 2.00 bits per heavy atom. The minimum absolute atomic E-state index is 0.0922. The van der Waals surface area contributed by atoms with Gasteiger partial charge >= 0.3 is 0 Å². The summed E-state index contributed by atoms with van der Waals surface area (Å²) in [5.41, 5.74) is 2.33. The van der Waals surface area contributed by atoms with E-state index in [1.165, 1.54) is 5.56 Å². The number of methoxy groups -OCH3 is 1. The van der Waals surface area contributed by atoms with Crippen molar-refractivity contribution in [1.29, 1.82) is 0 Å². The summed E-state index contributed by atoms with van der Waals surface area (Å²) in [6, 6.07) is 16.3. The average Bonchev–Trinajstić information content (AvgIpc) is 3.09. The molecule has 24 heavy (non-hydrogen) atoms. The van der Waals surface area contributed by atoms with Gasteiger partial charge in [0.2, 0.25) is 5.95 Å². The monoisotopic (exact) mass is 340 g/mol. The van der Waals surface area contributed by atoms with Gasteiger partial charge in [-0.15, -0.1) is 0 Å². The summed E-state index contributed by atoms with van der Waals surface area (Å²) in [5, 5.41) is 8.57. The van der Waals surface area contributed by atoms with E-state index in [2.05, 4.69) is 33.6 Å². The van der Waals surface area contributed by atoms with E-state index < -0.39 is 0 Å². The number of fused-ring (bicyclic) bond motifs is 1. The first kappa shape index (κ1) is 15.0. The highest BCUT2D eigenvalue weighted by Crippen LogP contribution is 2.38. The van der Waals surface area contributed by atoms with E-state index in [0.29, 0.717) is 0 Å². The molecule has 0 saturated heterocycles. The molecule has 2 heterocycles. The van der Waals surface area contributed by atoms with Crippen LogP contribution in [0.15, 0.2) is 54.9 Å². The van der Waals surface area contributed by atoms with Crippen LogP contribution in [0.2, 0.25) is 5.02 Å². The first-order valence-electron chi connectivity index (χ1n) is 7.80. The number of hydrogen-bond donors (Lipinski definition) is 1. The molecule has 5 nitrogen and oxygen atoms in total. The van der Waals surface area contributed by atoms with Crippen LogP contribution in [0.5, 0.6) is 5.75 Å². The zero-order valence-corrected chi connectivity index (χ0v) is 13.9. The smallest absolute Gasteiger partial charge is 0.222 e. The number of nitrogens with zero attached hydrogens (tertiary/aromatic N) is 3. The van der Waals surface area contributed by atoms with Crippen molar-refractivity contribution in [2.45, 2.75) is 18.5 Å². The maximum Gasteiger partial charge on any atom is 0.222 e. The van der Waals surface area contributed by atoms with Crippen molar-refractivity contribution in [3.63, 3.8) is 0 Å². The molecule has 1 N–H and O–H groups in total. The highest BCUT2D eigenvalue weighted by Gasteiger charge is 2.29. The number of rotatable bonds is 3. The van der Waals surface area contributed by atoms with Crippen molar-refractivity contribution >= 4 is 17.5 Å². The first-order valence-corrected chi connectivity index (χ1v) is 8.18. The number of anilines is 1. The molecule has 0 radical (unpaired) electrons. The van der Waals surface area contributed by atoms with Gasteiger partial charge in [-0.05, 0) is 41.8 Å². The molecule has 1 aromatic heterocycles. The number of ether oxygens (including phenoxy) is 1. The molecule has 122 valence electrons. The van der Waals surface area contributed by atoms with E-state index in [0.717, 1.165) is 28.7 Å². The normalized spacial score (nSPS) is 19.4. The average molecular weight is 341 g/mol. The van der Waals surface area contributed by atoms with Crippen LogP contribution in [0.4, 0.5) is 5.95 Å². The molecule has 1 aliphatic heterocycles. The highest BCUT2D eigenvalue weighted by molar-refractivity contribution is 6.30. The third-order valence-electron chi connectivity index (χ3n) is 4.38. The van der Waals surface area contributed by atoms with Crippen LogP contribution < -0.4 is 10.1 Å². The minimum Gasteiger partial charge on any atom is -0.497 e. The van der Waals surface area contributed by atoms with Crippen LogP contribution in [0.3, 0.4) is 0 Å². The molecule has 0 saturated carbocycles. The summed E-state index contributed by atoms with van der Waals surface area (Å²) in [6.07, 6.45) is 2.44. The number of nitrogens with one attached hydrogen (secondary N) is 1. The second kappa shape index (κ2) is 6.17. The molecule has 1 aliphatic rings. The number of hydrogen-bond acceptors (Lipinski definition) is 4. The lowest BCUT2D eigenvalue weighted by molar-refractivity contribution is 0.413. The van der Waals surface area contributed by atoms with E-state index >= 15 is 0 Å². The van der Waals surface area contributed by atoms with Gasteiger partial charge in [0, 0.05) is 5.02 Å². The number of halogens is 1. The van der Waals surface area contributed by atoms with Crippen LogP contribution in [-0.4, -0.2) is 21.9 Å². The SMILES string of the molecule is COc1ccc([C@@H]2C[C@@H](c3cccc(Cl)c3)n3ncnc3N2)cc1. The third-order valence-corrected chi connectivity index (χ3v) is 4.62. The highest BCUT2D eigenvalue weighted by atomic mass is 35.5. The Bertz CT molecular complexity index is 846. The molecule has 0 spiro atoms. The standard InChI is InChI=1S/C18H17ClN4O/c1-24-15-7-5-12(6-8-15)16-10-17(13-3-2-4-14(19)9-13)23-18(22-16)20-11-21-23/h2-9,11,16-17H,10H2,1H3,(H,20,21,22)/t16-,17-/m0/s1. The Morgan fingerprint density at radius 1 is 1.17 bits per heavy atom. The van der Waals surface area contributed by atoms with Gasteiger partial charge in [0.15, 0.2) is 0 Å². The Balaban J connectivity index is 1.70. The quantitative estimate of drug-likeness (QED) is 0.780. The van der Waals surface area contributed by atoms with E-state index in [9.17, 15) is 0 Å². The van der Waals surface area contributed by atoms with Gasteiger partial charge in [0.05, 0.1) is 19.2 Å². The fraction of sp³-hybridized carbons (Fsp3) is 0.222. The lowest BCUT2D eigenvalue weighted by atomic mass is 9.93. The largest absolute Gasteiger partial charge is 0.497 e. The molecule has 2 atom stereocenters. The fourth-order valence-electron chi connectivity index (χ4n) is 3.17. The van der Waals surface area contributed by atoms with Crippen molar-refractivity contribution < 1.29 is 4.74 Å². The lowest BCUT2D eigenvalue weighted by Crippen LogP contribution is -2.28. The predicted octanol–water partition coefficient (Wildman–Crippen LogP) is 4.09. The summed E-state index contributed by atoms with van der Waals surface area (Å²) < 4.78 is 7.16. The van der Waals surface area contributed by atoms with Gasteiger partial charge < -0.3 is 10.1 Å². The van der Waals surface area contributed by atoms with E-state index in [-0.39, 0.29) is 12.1 Å². The predicted molar refractivity (Wildman–Crippen MR) is 93.6 cm³/mol. The molecule has 6 heteroatoms. The molecular formula is C18H17ClN4O. The number of aromatic nitrogens is 3. The Hall–Kier alpha value is -2.53. The van der Waals surface area contributed by atoms with Crippen molar-refractivity contribution in [1.82, 2.24) is 14.8 Å². The molecule has 3 aromatic rings. The molecule has 0 bridgehead atoms. The van der Waals surface area contributed by atoms with Gasteiger partial charge in [-0.3, -0.25) is 0 Å². The molecule has 0 fully saturated rings. The topological polar surface area (TPSA) is 52.0 Å². The molecule has 0 unspecified atom stereocenters. The molecule has 0 aliphatic carbocycles. The van der Waals surface area contributed by atoms with Crippen molar-refractivity contribution in [2.24, 2.45) is 0 Å². The minimum atomic E-state index is 0.0922. The zero-order chi connectivity index (χ0) is 16.5. The van der Waals surface area contributed by atoms with Gasteiger partial charge in [-0.1, -0.05) is 35.9 Å². The molecule has 0 amide bonds. The maximum absolute atomic E-state index is 6.18. The Kier molecular flexibility index (Phi) is 3.86. The maximum atomic E-state index is 6.18. The second-order valence-corrected chi connectivity index (χ2v) is 6.24. The van der Waals surface area contributed by atoms with Crippen molar-refractivity contribution in [2.75, 3.05) is 12.4 Å². The van der Waals surface area contributed by atoms with Crippen LogP contribution in [-0.2, 0) is 0 Å². The summed E-state index contributed by atoms with van der Waals surface area (Å²) in [6.45, 7) is 0. The van der Waals surface area contributed by atoms with Gasteiger partial charge in [-0.25, -0.2) is 4.68 Å². The van der Waals surface area contributed by atoms with Crippen LogP contribution in [0.25, 0.3) is 0 Å². The van der Waals surface area contributed by atoms with Gasteiger partial charge in [0.25, 0.3) is 0 Å². The molecular weight excluding hydrogens is 324 g/mol. The first-order chi connectivity index (χ1) is 11.7. The molecule has 2 aromatic carbocycles. The summed E-state index contributed by atoms with van der Waals surface area (Å²) in [7, 11) is 1.67. The van der Waals surface area contributed by atoms with Crippen molar-refractivity contribution in [3.8, 4) is 5.75 Å². The summed E-state index contributed by atoms with van der Waals surface area (Å²) >= 11 is 6.18. The van der Waals surface area contributed by atoms with Crippen LogP contribution >= 0.6 is 11.6 Å². The van der Waals surface area contributed by atoms with E-state index in [1.54, 1.807) is 13.4 Å². The van der Waals surface area contributed by atoms with E-state index in [4.69, 9.17) is 16.3 Å². The zero-order valence-electron chi connectivity index (χ0n) is 13.2. The van der Waals surface area contributed by atoms with Crippen LogP contribution in [0, 0.1) is 0 Å². The lowest BCUT2D eigenvalue weighted by Gasteiger charge is -2.32. The van der Waals surface area contributed by atoms with Crippen LogP contribution in [0.1, 0.15) is 29.6 Å².